The number of hydrogen-bond acceptors (Lipinski definition) is 10. The maximum absolute atomic E-state index is 12.4. The fourth-order valence-corrected chi connectivity index (χ4v) is 4.30. The molecule has 0 aliphatic carbocycles. The third-order valence-electron chi connectivity index (χ3n) is 6.35. The van der Waals surface area contributed by atoms with Gasteiger partial charge in [0.1, 0.15) is 28.8 Å². The van der Waals surface area contributed by atoms with Gasteiger partial charge < -0.3 is 15.4 Å². The number of nitrogens with zero attached hydrogens (tertiary/aromatic N) is 6. The minimum absolute atomic E-state index is 0.304. The highest BCUT2D eigenvalue weighted by atomic mass is 16.5. The fourth-order valence-electron chi connectivity index (χ4n) is 4.30. The molecule has 10 nitrogen and oxygen atoms in total. The highest BCUT2D eigenvalue weighted by Crippen LogP contribution is 2.18. The van der Waals surface area contributed by atoms with E-state index < -0.39 is 5.97 Å². The largest absolute Gasteiger partial charge is 0.461 e. The molecule has 0 unspecified atom stereocenters. The normalized spacial score (nSPS) is 13.7. The summed E-state index contributed by atoms with van der Waals surface area (Å²) in [4.78, 5) is 39.0. The molecule has 0 aromatic carbocycles. The maximum atomic E-state index is 12.4. The van der Waals surface area contributed by atoms with Crippen molar-refractivity contribution in [2.75, 3.05) is 25.0 Å². The van der Waals surface area contributed by atoms with Crippen LogP contribution in [0.25, 0.3) is 11.5 Å². The summed E-state index contributed by atoms with van der Waals surface area (Å²) in [6.07, 6.45) is 8.67. The number of aromatic nitrogens is 6. The number of carbonyl (C=O) groups excluding carboxylic acids is 1. The van der Waals surface area contributed by atoms with Gasteiger partial charge >= 0.3 is 5.97 Å². The second-order valence-electron chi connectivity index (χ2n) is 9.26. The van der Waals surface area contributed by atoms with Crippen LogP contribution in [0.2, 0.25) is 0 Å². The highest BCUT2D eigenvalue weighted by Gasteiger charge is 2.15. The lowest BCUT2D eigenvalue weighted by Gasteiger charge is -2.22. The van der Waals surface area contributed by atoms with E-state index in [2.05, 4.69) is 40.5 Å². The first kappa shape index (κ1) is 25.3. The molecule has 1 aliphatic heterocycles. The molecule has 194 valence electrons. The maximum Gasteiger partial charge on any atom is 0.356 e. The van der Waals surface area contributed by atoms with Crippen LogP contribution >= 0.6 is 0 Å². The summed E-state index contributed by atoms with van der Waals surface area (Å²) < 4.78 is 5.43. The van der Waals surface area contributed by atoms with Gasteiger partial charge in [-0.3, -0.25) is 0 Å². The number of anilines is 2. The number of hydrogen-bond donors (Lipinski definition) is 2. The van der Waals surface area contributed by atoms with Crippen molar-refractivity contribution in [1.82, 2.24) is 35.2 Å². The van der Waals surface area contributed by atoms with Crippen molar-refractivity contribution in [3.8, 4) is 11.5 Å². The van der Waals surface area contributed by atoms with Crippen LogP contribution in [0.1, 0.15) is 46.8 Å². The van der Waals surface area contributed by atoms with E-state index in [1.807, 2.05) is 31.2 Å². The molecule has 2 N–H and O–H groups in total. The van der Waals surface area contributed by atoms with Crippen molar-refractivity contribution in [3.63, 3.8) is 0 Å². The first-order chi connectivity index (χ1) is 18.6. The Balaban J connectivity index is 1.17. The van der Waals surface area contributed by atoms with Crippen molar-refractivity contribution >= 4 is 17.6 Å². The van der Waals surface area contributed by atoms with Crippen LogP contribution in [0.3, 0.4) is 0 Å². The van der Waals surface area contributed by atoms with E-state index in [0.717, 1.165) is 43.6 Å². The Bertz CT molecular complexity index is 1370. The van der Waals surface area contributed by atoms with Crippen LogP contribution in [0.5, 0.6) is 0 Å². The van der Waals surface area contributed by atoms with Gasteiger partial charge in [0.25, 0.3) is 0 Å². The van der Waals surface area contributed by atoms with Crippen LogP contribution in [-0.2, 0) is 11.2 Å². The lowest BCUT2D eigenvalue weighted by molar-refractivity contribution is 0.0469. The predicted octanol–water partition coefficient (Wildman–Crippen LogP) is 3.91. The van der Waals surface area contributed by atoms with Gasteiger partial charge in [0, 0.05) is 30.7 Å². The molecule has 0 bridgehead atoms. The van der Waals surface area contributed by atoms with Gasteiger partial charge in [-0.1, -0.05) is 12.1 Å². The van der Waals surface area contributed by atoms with Gasteiger partial charge in [0.15, 0.2) is 5.82 Å². The Labute approximate surface area is 221 Å². The van der Waals surface area contributed by atoms with Gasteiger partial charge in [-0.2, -0.15) is 0 Å². The molecule has 4 aromatic rings. The number of nitrogens with one attached hydrogen (secondary N) is 2. The van der Waals surface area contributed by atoms with Crippen molar-refractivity contribution in [2.45, 2.75) is 32.6 Å². The number of esters is 1. The van der Waals surface area contributed by atoms with Gasteiger partial charge in [-0.15, -0.1) is 0 Å². The smallest absolute Gasteiger partial charge is 0.356 e. The molecule has 10 heteroatoms. The molecule has 5 rings (SSSR count). The Kier molecular flexibility index (Phi) is 8.19. The molecule has 0 radical (unpaired) electrons. The summed E-state index contributed by atoms with van der Waals surface area (Å²) >= 11 is 0. The lowest BCUT2D eigenvalue weighted by Crippen LogP contribution is -2.28. The van der Waals surface area contributed by atoms with Crippen LogP contribution in [-0.4, -0.2) is 55.6 Å². The Morgan fingerprint density at radius 1 is 0.974 bits per heavy atom. The van der Waals surface area contributed by atoms with Crippen molar-refractivity contribution < 1.29 is 9.53 Å². The fraction of sp³-hybridized carbons (Fsp3) is 0.321. The van der Waals surface area contributed by atoms with E-state index in [4.69, 9.17) is 4.74 Å². The molecule has 0 saturated carbocycles. The van der Waals surface area contributed by atoms with Gasteiger partial charge in [-0.05, 0) is 81.1 Å². The molecular weight excluding hydrogens is 480 g/mol. The number of piperidine rings is 1. The van der Waals surface area contributed by atoms with E-state index in [9.17, 15) is 4.79 Å². The Hall–Kier alpha value is -4.31. The van der Waals surface area contributed by atoms with E-state index in [0.29, 0.717) is 53.6 Å². The number of aryl methyl sites for hydroxylation is 1. The summed E-state index contributed by atoms with van der Waals surface area (Å²) in [6.45, 7) is 4.44. The third kappa shape index (κ3) is 6.92. The second-order valence-corrected chi connectivity index (χ2v) is 9.26. The average Bonchev–Trinajstić information content (AvgIpc) is 2.94. The predicted molar refractivity (Wildman–Crippen MR) is 143 cm³/mol. The summed E-state index contributed by atoms with van der Waals surface area (Å²) in [5, 5.41) is 6.56. The van der Waals surface area contributed by atoms with Gasteiger partial charge in [0.05, 0.1) is 6.61 Å². The van der Waals surface area contributed by atoms with E-state index in [1.54, 1.807) is 36.8 Å². The molecule has 4 aromatic heterocycles. The van der Waals surface area contributed by atoms with E-state index in [1.165, 1.54) is 0 Å². The third-order valence-corrected chi connectivity index (χ3v) is 6.35. The molecule has 1 fully saturated rings. The molecular formula is C28H30N8O2. The highest BCUT2D eigenvalue weighted by molar-refractivity contribution is 5.87. The first-order valence-electron chi connectivity index (χ1n) is 12.8. The monoisotopic (exact) mass is 510 g/mol. The zero-order chi connectivity index (χ0) is 26.2. The molecule has 0 spiro atoms. The number of rotatable bonds is 9. The van der Waals surface area contributed by atoms with Gasteiger partial charge in [-0.25, -0.2) is 34.7 Å². The van der Waals surface area contributed by atoms with E-state index >= 15 is 0 Å². The minimum Gasteiger partial charge on any atom is -0.461 e. The van der Waals surface area contributed by atoms with Crippen LogP contribution in [0.4, 0.5) is 11.6 Å². The Morgan fingerprint density at radius 3 is 2.58 bits per heavy atom. The van der Waals surface area contributed by atoms with Crippen molar-refractivity contribution in [2.24, 2.45) is 5.92 Å². The number of pyridine rings is 2. The van der Waals surface area contributed by atoms with Crippen molar-refractivity contribution in [1.29, 1.82) is 0 Å². The van der Waals surface area contributed by atoms with Crippen LogP contribution in [0, 0.1) is 12.8 Å². The molecule has 1 aliphatic rings. The summed E-state index contributed by atoms with van der Waals surface area (Å²) in [5.41, 5.74) is 2.80. The van der Waals surface area contributed by atoms with E-state index in [-0.39, 0.29) is 0 Å². The van der Waals surface area contributed by atoms with Crippen molar-refractivity contribution in [3.05, 3.63) is 83.8 Å². The topological polar surface area (TPSA) is 128 Å². The number of carbonyl (C=O) groups is 1. The summed E-state index contributed by atoms with van der Waals surface area (Å²) in [6, 6.07) is 12.8. The zero-order valence-corrected chi connectivity index (χ0v) is 21.3. The average molecular weight is 511 g/mol. The van der Waals surface area contributed by atoms with Crippen LogP contribution in [0.15, 0.2) is 61.1 Å². The van der Waals surface area contributed by atoms with Gasteiger partial charge in [0.2, 0.25) is 0 Å². The molecule has 1 saturated heterocycles. The quantitative estimate of drug-likeness (QED) is 0.320. The number of ether oxygens (including phenoxy) is 1. The SMILES string of the molecule is Cc1cccc(-c2nccc(Nc3ccnc(Cc4ccc(C(=O)OCCC5CCNCC5)nc4)n3)n2)n1. The standard InChI is InChI=1S/C28H30N8O2/c1-19-3-2-4-22(33-19)27-31-15-10-25(36-27)34-24-9-14-30-26(35-24)17-21-5-6-23(32-18-21)28(37)38-16-11-20-7-12-29-13-8-20/h2-6,9-10,14-15,18,20,29H,7-8,11-13,16-17H2,1H3,(H,30,31,34,35,36). The lowest BCUT2D eigenvalue weighted by atomic mass is 9.95. The van der Waals surface area contributed by atoms with Crippen LogP contribution < -0.4 is 10.6 Å². The molecule has 0 atom stereocenters. The zero-order valence-electron chi connectivity index (χ0n) is 21.3. The molecule has 5 heterocycles. The Morgan fingerprint density at radius 2 is 1.79 bits per heavy atom. The molecule has 0 amide bonds. The minimum atomic E-state index is -0.391. The second kappa shape index (κ2) is 12.3. The summed E-state index contributed by atoms with van der Waals surface area (Å²) in [7, 11) is 0. The molecule has 38 heavy (non-hydrogen) atoms. The summed E-state index contributed by atoms with van der Waals surface area (Å²) in [5.74, 6) is 2.59. The first-order valence-corrected chi connectivity index (χ1v) is 12.8.